The third kappa shape index (κ3) is 2.20. The summed E-state index contributed by atoms with van der Waals surface area (Å²) in [6.45, 7) is 2.77. The topological polar surface area (TPSA) is 42.2 Å². The Balaban J connectivity index is 2.70. The van der Waals surface area contributed by atoms with Crippen LogP contribution in [-0.2, 0) is 6.54 Å². The van der Waals surface area contributed by atoms with E-state index in [2.05, 4.69) is 6.92 Å². The SMILES string of the molecule is CCCCn1c(Cl)c(C(=O)O)c2ccc(Cl)cc21. The Morgan fingerprint density at radius 2 is 2.11 bits per heavy atom. The van der Waals surface area contributed by atoms with Crippen LogP contribution < -0.4 is 0 Å². The van der Waals surface area contributed by atoms with E-state index >= 15 is 0 Å². The highest BCUT2D eigenvalue weighted by molar-refractivity contribution is 6.36. The van der Waals surface area contributed by atoms with Crippen LogP contribution in [0, 0.1) is 0 Å². The molecule has 0 atom stereocenters. The second-order valence-corrected chi connectivity index (χ2v) is 4.93. The molecule has 0 amide bonds. The van der Waals surface area contributed by atoms with Gasteiger partial charge in [0, 0.05) is 17.0 Å². The van der Waals surface area contributed by atoms with Crippen LogP contribution in [0.3, 0.4) is 0 Å². The number of aromatic carboxylic acids is 1. The van der Waals surface area contributed by atoms with Gasteiger partial charge in [-0.2, -0.15) is 0 Å². The average Bonchev–Trinajstić information content (AvgIpc) is 2.58. The minimum atomic E-state index is -1.01. The summed E-state index contributed by atoms with van der Waals surface area (Å²) in [4.78, 5) is 11.3. The van der Waals surface area contributed by atoms with Gasteiger partial charge in [-0.15, -0.1) is 0 Å². The van der Waals surface area contributed by atoms with Gasteiger partial charge >= 0.3 is 5.97 Å². The van der Waals surface area contributed by atoms with Crippen LogP contribution in [-0.4, -0.2) is 15.6 Å². The standard InChI is InChI=1S/C13H13Cl2NO2/c1-2-3-6-16-10-7-8(14)4-5-9(10)11(12(16)15)13(17)18/h4-5,7H,2-3,6H2,1H3,(H,17,18). The minimum Gasteiger partial charge on any atom is -0.478 e. The summed E-state index contributed by atoms with van der Waals surface area (Å²) in [5.74, 6) is -1.01. The van der Waals surface area contributed by atoms with Crippen molar-refractivity contribution in [3.63, 3.8) is 0 Å². The lowest BCUT2D eigenvalue weighted by atomic mass is 10.2. The number of benzene rings is 1. The van der Waals surface area contributed by atoms with Crippen LogP contribution in [0.25, 0.3) is 10.9 Å². The molecule has 0 spiro atoms. The van der Waals surface area contributed by atoms with E-state index in [9.17, 15) is 9.90 Å². The molecular formula is C13H13Cl2NO2. The zero-order valence-corrected chi connectivity index (χ0v) is 11.4. The molecule has 1 aromatic heterocycles. The van der Waals surface area contributed by atoms with Gasteiger partial charge < -0.3 is 9.67 Å². The van der Waals surface area contributed by atoms with E-state index in [-0.39, 0.29) is 10.7 Å². The van der Waals surface area contributed by atoms with Gasteiger partial charge in [0.1, 0.15) is 10.7 Å². The molecule has 0 radical (unpaired) electrons. The predicted octanol–water partition coefficient (Wildman–Crippen LogP) is 4.45. The molecule has 0 fully saturated rings. The number of aromatic nitrogens is 1. The van der Waals surface area contributed by atoms with Crippen molar-refractivity contribution in [3.05, 3.63) is 33.9 Å². The number of aryl methyl sites for hydroxylation is 1. The number of hydrogen-bond acceptors (Lipinski definition) is 1. The van der Waals surface area contributed by atoms with Crippen molar-refractivity contribution in [2.24, 2.45) is 0 Å². The number of unbranched alkanes of at least 4 members (excludes halogenated alkanes) is 1. The molecule has 1 heterocycles. The number of halogens is 2. The van der Waals surface area contributed by atoms with Gasteiger partial charge in [0.25, 0.3) is 0 Å². The summed E-state index contributed by atoms with van der Waals surface area (Å²) < 4.78 is 1.82. The van der Waals surface area contributed by atoms with Crippen molar-refractivity contribution in [3.8, 4) is 0 Å². The van der Waals surface area contributed by atoms with Crippen molar-refractivity contribution in [1.29, 1.82) is 0 Å². The van der Waals surface area contributed by atoms with Crippen molar-refractivity contribution in [2.45, 2.75) is 26.3 Å². The van der Waals surface area contributed by atoms with Crippen LogP contribution in [0.15, 0.2) is 18.2 Å². The minimum absolute atomic E-state index is 0.152. The van der Waals surface area contributed by atoms with Crippen molar-refractivity contribution >= 4 is 40.1 Å². The molecule has 2 rings (SSSR count). The van der Waals surface area contributed by atoms with Crippen LogP contribution in [0.2, 0.25) is 10.2 Å². The molecule has 0 saturated heterocycles. The maximum atomic E-state index is 11.3. The van der Waals surface area contributed by atoms with E-state index in [1.807, 2.05) is 4.57 Å². The largest absolute Gasteiger partial charge is 0.478 e. The molecule has 0 unspecified atom stereocenters. The zero-order valence-electron chi connectivity index (χ0n) is 9.91. The monoisotopic (exact) mass is 285 g/mol. The number of fused-ring (bicyclic) bond motifs is 1. The highest BCUT2D eigenvalue weighted by Crippen LogP contribution is 2.32. The quantitative estimate of drug-likeness (QED) is 0.902. The molecule has 2 aromatic rings. The normalized spacial score (nSPS) is 11.1. The summed E-state index contributed by atoms with van der Waals surface area (Å²) in [6.07, 6.45) is 1.95. The Kier molecular flexibility index (Phi) is 3.83. The number of rotatable bonds is 4. The Labute approximate surface area is 115 Å². The Bertz CT molecular complexity index is 605. The van der Waals surface area contributed by atoms with Crippen LogP contribution in [0.1, 0.15) is 30.1 Å². The summed E-state index contributed by atoms with van der Waals surface area (Å²) >= 11 is 12.1. The number of nitrogens with zero attached hydrogens (tertiary/aromatic N) is 1. The van der Waals surface area contributed by atoms with Crippen molar-refractivity contribution in [1.82, 2.24) is 4.57 Å². The predicted molar refractivity (Wildman–Crippen MR) is 73.8 cm³/mol. The molecule has 96 valence electrons. The van der Waals surface area contributed by atoms with Gasteiger partial charge in [0.15, 0.2) is 0 Å². The summed E-state index contributed by atoms with van der Waals surface area (Å²) in [5, 5.41) is 10.7. The lowest BCUT2D eigenvalue weighted by Gasteiger charge is -2.05. The lowest BCUT2D eigenvalue weighted by Crippen LogP contribution is -2.00. The number of carboxylic acids is 1. The van der Waals surface area contributed by atoms with Gasteiger partial charge in [-0.05, 0) is 18.6 Å². The number of carboxylic acid groups (broad SMARTS) is 1. The Morgan fingerprint density at radius 1 is 1.39 bits per heavy atom. The number of carbonyl (C=O) groups is 1. The van der Waals surface area contributed by atoms with Gasteiger partial charge in [-0.25, -0.2) is 4.79 Å². The maximum Gasteiger partial charge on any atom is 0.339 e. The first-order valence-corrected chi connectivity index (χ1v) is 6.52. The second-order valence-electron chi connectivity index (χ2n) is 4.14. The summed E-state index contributed by atoms with van der Waals surface area (Å²) in [5.41, 5.74) is 0.929. The third-order valence-electron chi connectivity index (χ3n) is 2.91. The molecule has 18 heavy (non-hydrogen) atoms. The first-order chi connectivity index (χ1) is 8.56. The molecule has 1 N–H and O–H groups in total. The molecule has 0 aliphatic rings. The highest BCUT2D eigenvalue weighted by atomic mass is 35.5. The van der Waals surface area contributed by atoms with Crippen molar-refractivity contribution < 1.29 is 9.90 Å². The van der Waals surface area contributed by atoms with E-state index in [1.54, 1.807) is 18.2 Å². The first kappa shape index (κ1) is 13.2. The molecule has 0 saturated carbocycles. The summed E-state index contributed by atoms with van der Waals surface area (Å²) in [6, 6.07) is 5.14. The smallest absolute Gasteiger partial charge is 0.339 e. The average molecular weight is 286 g/mol. The Morgan fingerprint density at radius 3 is 2.72 bits per heavy atom. The Hall–Kier alpha value is -1.19. The van der Waals surface area contributed by atoms with Gasteiger partial charge in [0.2, 0.25) is 0 Å². The molecule has 5 heteroatoms. The molecule has 0 aliphatic heterocycles. The third-order valence-corrected chi connectivity index (χ3v) is 3.54. The van der Waals surface area contributed by atoms with Crippen LogP contribution in [0.5, 0.6) is 0 Å². The van der Waals surface area contributed by atoms with E-state index in [1.165, 1.54) is 0 Å². The van der Waals surface area contributed by atoms with Crippen molar-refractivity contribution in [2.75, 3.05) is 0 Å². The highest BCUT2D eigenvalue weighted by Gasteiger charge is 2.20. The summed E-state index contributed by atoms with van der Waals surface area (Å²) in [7, 11) is 0. The molecule has 0 aliphatic carbocycles. The molecule has 3 nitrogen and oxygen atoms in total. The molecule has 1 aromatic carbocycles. The van der Waals surface area contributed by atoms with E-state index in [4.69, 9.17) is 23.2 Å². The van der Waals surface area contributed by atoms with Gasteiger partial charge in [-0.3, -0.25) is 0 Å². The van der Waals surface area contributed by atoms with Gasteiger partial charge in [0.05, 0.1) is 5.52 Å². The fraction of sp³-hybridized carbons (Fsp3) is 0.308. The first-order valence-electron chi connectivity index (χ1n) is 5.76. The van der Waals surface area contributed by atoms with Crippen LogP contribution in [0.4, 0.5) is 0 Å². The lowest BCUT2D eigenvalue weighted by molar-refractivity contribution is 0.0699. The van der Waals surface area contributed by atoms with E-state index in [0.29, 0.717) is 17.0 Å². The maximum absolute atomic E-state index is 11.3. The van der Waals surface area contributed by atoms with Crippen LogP contribution >= 0.6 is 23.2 Å². The van der Waals surface area contributed by atoms with E-state index < -0.39 is 5.97 Å². The molecular weight excluding hydrogens is 273 g/mol. The number of hydrogen-bond donors (Lipinski definition) is 1. The van der Waals surface area contributed by atoms with Gasteiger partial charge in [-0.1, -0.05) is 42.6 Å². The van der Waals surface area contributed by atoms with E-state index in [0.717, 1.165) is 18.4 Å². The fourth-order valence-corrected chi connectivity index (χ4v) is 2.55. The molecule has 0 bridgehead atoms. The second kappa shape index (κ2) is 5.21. The fourth-order valence-electron chi connectivity index (χ4n) is 2.03. The zero-order chi connectivity index (χ0) is 13.3.